The lowest BCUT2D eigenvalue weighted by molar-refractivity contribution is -0.307. The average molecular weight is 535 g/mol. The van der Waals surface area contributed by atoms with Crippen molar-refractivity contribution in [2.24, 2.45) is 17.8 Å². The summed E-state index contributed by atoms with van der Waals surface area (Å²) in [5.74, 6) is -0.281. The molecule has 0 aromatic carbocycles. The van der Waals surface area contributed by atoms with E-state index in [9.17, 15) is 29.7 Å². The maximum absolute atomic E-state index is 10.1. The van der Waals surface area contributed by atoms with Crippen LogP contribution >= 0.6 is 0 Å². The van der Waals surface area contributed by atoms with Gasteiger partial charge in [0.05, 0.1) is 0 Å². The number of carboxylic acids is 3. The van der Waals surface area contributed by atoms with Crippen LogP contribution in [-0.4, -0.2) is 35.3 Å². The van der Waals surface area contributed by atoms with Gasteiger partial charge >= 0.3 is 0 Å². The van der Waals surface area contributed by atoms with E-state index < -0.39 is 17.9 Å². The van der Waals surface area contributed by atoms with Gasteiger partial charge in [0.25, 0.3) is 0 Å². The number of hydrogen-bond acceptors (Lipinski definition) is 6. The predicted octanol–water partition coefficient (Wildman–Crippen LogP) is 4.08. The van der Waals surface area contributed by atoms with Crippen LogP contribution in [0.3, 0.4) is 0 Å². The van der Waals surface area contributed by atoms with Crippen LogP contribution in [0.1, 0.15) is 154 Å². The molecule has 0 amide bonds. The Morgan fingerprint density at radius 3 is 0.838 bits per heavy atom. The summed E-state index contributed by atoms with van der Waals surface area (Å²) < 4.78 is 0. The first-order valence-corrected chi connectivity index (χ1v) is 15.0. The summed E-state index contributed by atoms with van der Waals surface area (Å²) in [4.78, 5) is 30.4. The molecule has 0 bridgehead atoms. The van der Waals surface area contributed by atoms with Crippen LogP contribution in [0, 0.1) is 17.8 Å². The van der Waals surface area contributed by atoms with E-state index in [0.29, 0.717) is 0 Å². The zero-order valence-corrected chi connectivity index (χ0v) is 24.4. The molecule has 3 saturated carbocycles. The van der Waals surface area contributed by atoms with Gasteiger partial charge < -0.3 is 29.7 Å². The Kier molecular flexibility index (Phi) is 23.3. The molecule has 213 valence electrons. The molecule has 3 radical (unpaired) electrons. The quantitative estimate of drug-likeness (QED) is 0.348. The van der Waals surface area contributed by atoms with Crippen LogP contribution in [0.4, 0.5) is 0 Å². The van der Waals surface area contributed by atoms with Gasteiger partial charge in [-0.25, -0.2) is 0 Å². The molecule has 37 heavy (non-hydrogen) atoms. The second-order valence-electron chi connectivity index (χ2n) is 11.3. The first kappa shape index (κ1) is 35.9. The molecule has 0 spiro atoms. The SMILES string of the molecule is O=C([O-])CCCC1CCCCC1.O=C([O-])CCCC1CCCCC1.O=C([O-])CCCC1CCCCC1.[Al]. The molecule has 0 aromatic heterocycles. The largest absolute Gasteiger partial charge is 0.550 e. The Morgan fingerprint density at radius 2 is 0.649 bits per heavy atom. The number of aliphatic carboxylic acids is 3. The number of carboxylic acid groups (broad SMARTS) is 3. The van der Waals surface area contributed by atoms with Crippen molar-refractivity contribution in [1.29, 1.82) is 0 Å². The number of carbonyl (C=O) groups excluding carboxylic acids is 3. The highest BCUT2D eigenvalue weighted by Crippen LogP contribution is 2.29. The summed E-state index contributed by atoms with van der Waals surface area (Å²) in [6.45, 7) is 0. The lowest BCUT2D eigenvalue weighted by atomic mass is 9.86. The highest BCUT2D eigenvalue weighted by Gasteiger charge is 2.14. The van der Waals surface area contributed by atoms with E-state index in [4.69, 9.17) is 0 Å². The fraction of sp³-hybridized carbons (Fsp3) is 0.900. The average Bonchev–Trinajstić information content (AvgIpc) is 2.86. The fourth-order valence-corrected chi connectivity index (χ4v) is 6.03. The monoisotopic (exact) mass is 534 g/mol. The zero-order valence-electron chi connectivity index (χ0n) is 23.2. The van der Waals surface area contributed by atoms with Crippen molar-refractivity contribution in [3.05, 3.63) is 0 Å². The molecular formula is C30H51AlO6-3. The number of hydrogen-bond donors (Lipinski definition) is 0. The summed E-state index contributed by atoms with van der Waals surface area (Å²) in [7, 11) is 0. The lowest BCUT2D eigenvalue weighted by Gasteiger charge is -2.21. The van der Waals surface area contributed by atoms with Crippen molar-refractivity contribution >= 4 is 35.3 Å². The van der Waals surface area contributed by atoms with Crippen LogP contribution in [0.15, 0.2) is 0 Å². The Bertz CT molecular complexity index is 498. The molecule has 3 aliphatic carbocycles. The van der Waals surface area contributed by atoms with E-state index in [1.165, 1.54) is 96.3 Å². The summed E-state index contributed by atoms with van der Waals surface area (Å²) in [5, 5.41) is 30.4. The number of carbonyl (C=O) groups is 3. The van der Waals surface area contributed by atoms with Crippen LogP contribution in [0.5, 0.6) is 0 Å². The van der Waals surface area contributed by atoms with Crippen molar-refractivity contribution in [3.63, 3.8) is 0 Å². The second kappa shape index (κ2) is 24.0. The third-order valence-corrected chi connectivity index (χ3v) is 8.15. The van der Waals surface area contributed by atoms with Crippen molar-refractivity contribution in [3.8, 4) is 0 Å². The number of rotatable bonds is 12. The van der Waals surface area contributed by atoms with Gasteiger partial charge in [-0.15, -0.1) is 0 Å². The molecule has 0 atom stereocenters. The molecule has 3 fully saturated rings. The Balaban J connectivity index is 0.000000518. The van der Waals surface area contributed by atoms with E-state index in [1.54, 1.807) is 0 Å². The fourth-order valence-electron chi connectivity index (χ4n) is 6.03. The third-order valence-electron chi connectivity index (χ3n) is 8.15. The van der Waals surface area contributed by atoms with E-state index >= 15 is 0 Å². The van der Waals surface area contributed by atoms with Crippen molar-refractivity contribution < 1.29 is 29.7 Å². The molecule has 0 unspecified atom stereocenters. The van der Waals surface area contributed by atoms with Crippen molar-refractivity contribution in [2.75, 3.05) is 0 Å². The van der Waals surface area contributed by atoms with Gasteiger partial charge in [-0.05, 0) is 56.3 Å². The zero-order chi connectivity index (χ0) is 26.4. The van der Waals surface area contributed by atoms with E-state index in [-0.39, 0.29) is 36.6 Å². The summed E-state index contributed by atoms with van der Waals surface area (Å²) >= 11 is 0. The lowest BCUT2D eigenvalue weighted by Crippen LogP contribution is -2.22. The maximum Gasteiger partial charge on any atom is 0.0414 e. The van der Waals surface area contributed by atoms with E-state index in [0.717, 1.165) is 56.3 Å². The predicted molar refractivity (Wildman–Crippen MR) is 142 cm³/mol. The molecular weight excluding hydrogens is 483 g/mol. The molecule has 6 nitrogen and oxygen atoms in total. The molecule has 7 heteroatoms. The first-order chi connectivity index (χ1) is 17.4. The van der Waals surface area contributed by atoms with Crippen molar-refractivity contribution in [1.82, 2.24) is 0 Å². The van der Waals surface area contributed by atoms with Gasteiger partial charge in [0, 0.05) is 35.3 Å². The standard InChI is InChI=1S/3C10H18O2.Al/c3*11-10(12)8-4-7-9-5-2-1-3-6-9;/h3*9H,1-8H2,(H,11,12);/p-3. The Hall–Kier alpha value is -1.06. The van der Waals surface area contributed by atoms with Crippen LogP contribution < -0.4 is 15.3 Å². The van der Waals surface area contributed by atoms with Gasteiger partial charge in [0.15, 0.2) is 0 Å². The summed E-state index contributed by atoms with van der Waals surface area (Å²) in [6, 6.07) is 0. The third kappa shape index (κ3) is 22.6. The van der Waals surface area contributed by atoms with Crippen LogP contribution in [-0.2, 0) is 14.4 Å². The summed E-state index contributed by atoms with van der Waals surface area (Å²) in [6.07, 6.45) is 26.5. The Labute approximate surface area is 236 Å². The van der Waals surface area contributed by atoms with Gasteiger partial charge in [-0.1, -0.05) is 116 Å². The van der Waals surface area contributed by atoms with Gasteiger partial charge in [-0.3, -0.25) is 0 Å². The van der Waals surface area contributed by atoms with Crippen molar-refractivity contribution in [2.45, 2.75) is 154 Å². The van der Waals surface area contributed by atoms with E-state index in [1.807, 2.05) is 0 Å². The molecule has 0 heterocycles. The maximum atomic E-state index is 10.1. The van der Waals surface area contributed by atoms with E-state index in [2.05, 4.69) is 0 Å². The minimum Gasteiger partial charge on any atom is -0.550 e. The molecule has 0 saturated heterocycles. The first-order valence-electron chi connectivity index (χ1n) is 15.0. The van der Waals surface area contributed by atoms with Crippen LogP contribution in [0.25, 0.3) is 0 Å². The normalized spacial score (nSPS) is 18.8. The van der Waals surface area contributed by atoms with Crippen LogP contribution in [0.2, 0.25) is 0 Å². The highest BCUT2D eigenvalue weighted by molar-refractivity contribution is 5.75. The van der Waals surface area contributed by atoms with Gasteiger partial charge in [0.1, 0.15) is 0 Å². The molecule has 0 N–H and O–H groups in total. The molecule has 3 rings (SSSR count). The Morgan fingerprint density at radius 1 is 0.432 bits per heavy atom. The minimum atomic E-state index is -0.897. The topological polar surface area (TPSA) is 120 Å². The summed E-state index contributed by atoms with van der Waals surface area (Å²) in [5.41, 5.74) is 0. The van der Waals surface area contributed by atoms with Gasteiger partial charge in [0.2, 0.25) is 0 Å². The smallest absolute Gasteiger partial charge is 0.0414 e. The minimum absolute atomic E-state index is 0. The second-order valence-corrected chi connectivity index (χ2v) is 11.3. The highest BCUT2D eigenvalue weighted by atomic mass is 27.0. The molecule has 3 aliphatic rings. The molecule has 0 aromatic rings. The molecule has 0 aliphatic heterocycles. The van der Waals surface area contributed by atoms with Gasteiger partial charge in [-0.2, -0.15) is 0 Å².